The highest BCUT2D eigenvalue weighted by Gasteiger charge is 2.64. The van der Waals surface area contributed by atoms with Crippen molar-refractivity contribution in [2.24, 2.45) is 46.8 Å². The van der Waals surface area contributed by atoms with Crippen LogP contribution in [-0.2, 0) is 47.5 Å². The van der Waals surface area contributed by atoms with E-state index in [1.807, 2.05) is 58.9 Å². The number of hydrogen-bond acceptors (Lipinski definition) is 17. The summed E-state index contributed by atoms with van der Waals surface area (Å²) < 4.78 is 49.8. The van der Waals surface area contributed by atoms with E-state index < -0.39 is 137 Å². The largest absolute Gasteiger partial charge is 0.600 e. The van der Waals surface area contributed by atoms with E-state index in [1.165, 1.54) is 7.11 Å². The average molecular weight is 1030 g/mol. The van der Waals surface area contributed by atoms with Crippen LogP contribution in [0.15, 0.2) is 58.4 Å². The molecule has 408 valence electrons. The molecular weight excluding hydrogens is 949 g/mol. The van der Waals surface area contributed by atoms with Gasteiger partial charge in [-0.3, -0.25) is 4.79 Å². The van der Waals surface area contributed by atoms with Crippen molar-refractivity contribution in [3.8, 4) is 0 Å². The summed E-state index contributed by atoms with van der Waals surface area (Å²) in [7, 11) is 1.20. The van der Waals surface area contributed by atoms with Gasteiger partial charge in [-0.25, -0.2) is 20.0 Å². The van der Waals surface area contributed by atoms with Crippen LogP contribution in [0.1, 0.15) is 115 Å². The normalized spacial score (nSPS) is 50.1. The number of nitrogens with one attached hydrogen (secondary N) is 2. The minimum Gasteiger partial charge on any atom is -0.600 e. The van der Waals surface area contributed by atoms with E-state index in [2.05, 4.69) is 25.2 Å². The van der Waals surface area contributed by atoms with Crippen LogP contribution >= 0.6 is 0 Å². The highest BCUT2D eigenvalue weighted by molar-refractivity contribution is 6.26. The van der Waals surface area contributed by atoms with Crippen molar-refractivity contribution in [3.05, 3.63) is 63.6 Å². The lowest BCUT2D eigenvalue weighted by molar-refractivity contribution is -1.09. The highest BCUT2D eigenvalue weighted by atomic mass is 16.8. The summed E-state index contributed by atoms with van der Waals surface area (Å²) >= 11 is 0. The number of aliphatic hydroxyl groups excluding tert-OH is 4. The minimum atomic E-state index is -1.68. The SMILES string of the molecule is COC(=O)N[C@@H]1[C@H](C)O[C@@H](O[C@@H]2C/C=C(/C)[C@H]3C=C[C@H]4[C@H](O[C@@H]5C[C@@H](O[C@@H]6C[C@@H](O)[C@@H](O)[C@H](C)O6)[C@@H](O)[C@H](C)O5)[C@H](C)C[C@@H](C)[C@@H]4[C@@]3(C)/C(O)=C3/C(=O)O[C@]4(C[C@H](C)C(C)=C[C@H]4/C=C\2C)C3=O)C[C@@]1(C)[NH+]([O-])O. The van der Waals surface area contributed by atoms with E-state index in [1.54, 1.807) is 27.7 Å². The van der Waals surface area contributed by atoms with Crippen LogP contribution in [0, 0.1) is 52.0 Å². The number of carbonyl (C=O) groups is 3. The molecule has 5 fully saturated rings. The molecule has 0 aromatic rings. The fourth-order valence-electron chi connectivity index (χ4n) is 13.9. The van der Waals surface area contributed by atoms with Gasteiger partial charge >= 0.3 is 12.1 Å². The number of Topliss-reactive ketones (excluding diaryl/α,β-unsaturated/α-hetero) is 1. The zero-order chi connectivity index (χ0) is 53.4. The molecule has 1 saturated carbocycles. The lowest BCUT2D eigenvalue weighted by Gasteiger charge is -2.56. The number of allylic oxidation sites excluding steroid dienone is 4. The second-order valence-corrected chi connectivity index (χ2v) is 23.2. The first-order valence-corrected chi connectivity index (χ1v) is 26.2. The summed E-state index contributed by atoms with van der Waals surface area (Å²) in [5.41, 5.74) is -2.32. The Balaban J connectivity index is 1.17. The zero-order valence-electron chi connectivity index (χ0n) is 44.3. The first-order chi connectivity index (χ1) is 34.2. The summed E-state index contributed by atoms with van der Waals surface area (Å²) in [6.45, 7) is 20.5. The topological polar surface area (TPSA) is 266 Å². The van der Waals surface area contributed by atoms with Gasteiger partial charge in [0.05, 0.1) is 56.3 Å². The summed E-state index contributed by atoms with van der Waals surface area (Å²) in [6.07, 6.45) is 0.211. The van der Waals surface area contributed by atoms with Gasteiger partial charge in [0.1, 0.15) is 29.6 Å². The molecule has 19 nitrogen and oxygen atoms in total. The van der Waals surface area contributed by atoms with Gasteiger partial charge in [0.25, 0.3) is 0 Å². The number of aliphatic hydroxyl groups is 4. The maximum absolute atomic E-state index is 15.4. The maximum atomic E-state index is 15.4. The summed E-state index contributed by atoms with van der Waals surface area (Å²) in [5, 5.41) is 70.2. The number of amides is 1. The van der Waals surface area contributed by atoms with Crippen LogP contribution in [0.3, 0.4) is 0 Å². The molecule has 24 atom stereocenters. The number of quaternary nitrogens is 1. The van der Waals surface area contributed by atoms with Gasteiger partial charge in [-0.1, -0.05) is 69.2 Å². The van der Waals surface area contributed by atoms with Crippen molar-refractivity contribution < 1.29 is 83.1 Å². The van der Waals surface area contributed by atoms with Crippen molar-refractivity contribution in [1.29, 1.82) is 0 Å². The lowest BCUT2D eigenvalue weighted by Crippen LogP contribution is -3.17. The van der Waals surface area contributed by atoms with E-state index in [0.29, 0.717) is 12.0 Å². The number of esters is 1. The molecule has 0 aromatic heterocycles. The first kappa shape index (κ1) is 55.7. The van der Waals surface area contributed by atoms with Gasteiger partial charge in [0, 0.05) is 42.4 Å². The molecule has 8 aliphatic rings. The van der Waals surface area contributed by atoms with Crippen LogP contribution in [0.4, 0.5) is 4.79 Å². The molecule has 4 aliphatic heterocycles. The molecule has 1 amide bonds. The number of methoxy groups -OCH3 is 1. The Morgan fingerprint density at radius 2 is 1.45 bits per heavy atom. The Labute approximate surface area is 428 Å². The number of alkyl carbamates (subject to hydrolysis) is 1. The molecule has 7 N–H and O–H groups in total. The van der Waals surface area contributed by atoms with Gasteiger partial charge in [0.2, 0.25) is 5.78 Å². The van der Waals surface area contributed by atoms with Gasteiger partial charge in [-0.15, -0.1) is 0 Å². The maximum Gasteiger partial charge on any atom is 0.407 e. The zero-order valence-corrected chi connectivity index (χ0v) is 44.3. The van der Waals surface area contributed by atoms with Crippen LogP contribution in [0.5, 0.6) is 0 Å². The lowest BCUT2D eigenvalue weighted by atomic mass is 9.49. The van der Waals surface area contributed by atoms with E-state index in [0.717, 1.165) is 11.1 Å². The first-order valence-electron chi connectivity index (χ1n) is 26.2. The molecule has 0 radical (unpaired) electrons. The second kappa shape index (κ2) is 21.1. The minimum absolute atomic E-state index is 0.0176. The van der Waals surface area contributed by atoms with Crippen LogP contribution in [-0.4, -0.2) is 142 Å². The van der Waals surface area contributed by atoms with E-state index in [-0.39, 0.29) is 67.1 Å². The number of ketones is 1. The molecular formula is C54H80N2O17. The van der Waals surface area contributed by atoms with Crippen molar-refractivity contribution >= 4 is 17.8 Å². The molecule has 8 rings (SSSR count). The van der Waals surface area contributed by atoms with E-state index >= 15 is 4.79 Å². The number of rotatable bonds is 8. The van der Waals surface area contributed by atoms with Gasteiger partial charge in [-0.2, -0.15) is 0 Å². The van der Waals surface area contributed by atoms with Crippen molar-refractivity contribution in [1.82, 2.24) is 5.32 Å². The molecule has 4 saturated heterocycles. The van der Waals surface area contributed by atoms with Gasteiger partial charge < -0.3 is 68.8 Å². The quantitative estimate of drug-likeness (QED) is 0.0760. The monoisotopic (exact) mass is 1030 g/mol. The number of carbonyl (C=O) groups excluding carboxylic acids is 3. The third-order valence-electron chi connectivity index (χ3n) is 18.2. The Morgan fingerprint density at radius 1 is 0.808 bits per heavy atom. The van der Waals surface area contributed by atoms with Gasteiger partial charge in [-0.05, 0) is 90.6 Å². The third-order valence-corrected chi connectivity index (χ3v) is 18.2. The Bertz CT molecular complexity index is 2250. The van der Waals surface area contributed by atoms with Crippen molar-refractivity contribution in [3.63, 3.8) is 0 Å². The third kappa shape index (κ3) is 10.0. The van der Waals surface area contributed by atoms with Crippen LogP contribution in [0.2, 0.25) is 0 Å². The Morgan fingerprint density at radius 3 is 2.11 bits per heavy atom. The predicted octanol–water partition coefficient (Wildman–Crippen LogP) is 4.56. The summed E-state index contributed by atoms with van der Waals surface area (Å²) in [5.74, 6) is -4.13. The molecule has 4 aliphatic carbocycles. The molecule has 0 aromatic carbocycles. The fourth-order valence-corrected chi connectivity index (χ4v) is 13.9. The Kier molecular flexibility index (Phi) is 16.1. The van der Waals surface area contributed by atoms with E-state index in [4.69, 9.17) is 37.9 Å². The smallest absolute Gasteiger partial charge is 0.407 e. The fraction of sp³-hybridized carbons (Fsp3) is 0.759. The average Bonchev–Trinajstić information content (AvgIpc) is 3.56. The number of hydroxylamine groups is 2. The van der Waals surface area contributed by atoms with Crippen LogP contribution in [0.25, 0.3) is 0 Å². The van der Waals surface area contributed by atoms with Crippen LogP contribution < -0.4 is 10.5 Å². The standard InChI is InChI=1S/C54H80N2O17/c1-24-13-16-37(70-41-23-52(10,56(64)65)47(32(9)69-41)55-51(63)66-12)26(3)19-33-18-25(2)29(6)22-54(33)49(61)42(50(62)73-54)48(60)53(11)35(24)15-14-34-43(53)27(4)17-28(5)46(34)72-40-21-38(45(59)31(8)68-40)71-39-20-36(57)44(58)30(7)67-39/h13-15,18-19,27-41,43-47,56-60,64H,16-17,20-23H2,1-12H3,(H,55,63)/b24-13-,26-19-,48-42-/t27-,28-,29+,30+,31+,32+,33+,34-,35-,36-,37-,38-,39-,40-,41+,43+,44+,45+,46-,47-,52-,53+,54+/m1/s1. The summed E-state index contributed by atoms with van der Waals surface area (Å²) in [6, 6.07) is -0.948. The van der Waals surface area contributed by atoms with Gasteiger partial charge in [0.15, 0.2) is 30.0 Å². The van der Waals surface area contributed by atoms with Crippen molar-refractivity contribution in [2.75, 3.05) is 7.11 Å². The summed E-state index contributed by atoms with van der Waals surface area (Å²) in [4.78, 5) is 42.4. The van der Waals surface area contributed by atoms with Crippen molar-refractivity contribution in [2.45, 2.75) is 206 Å². The second-order valence-electron chi connectivity index (χ2n) is 23.2. The Hall–Kier alpha value is -3.57. The predicted molar refractivity (Wildman–Crippen MR) is 261 cm³/mol. The number of ether oxygens (including phenoxy) is 8. The molecule has 19 heteroatoms. The number of fused-ring (bicyclic) bond motifs is 4. The molecule has 4 heterocycles. The molecule has 2 bridgehead atoms. The molecule has 1 spiro atoms. The van der Waals surface area contributed by atoms with E-state index in [9.17, 15) is 40.4 Å². The molecule has 73 heavy (non-hydrogen) atoms. The number of hydrogen-bond donors (Lipinski definition) is 7. The highest BCUT2D eigenvalue weighted by Crippen LogP contribution is 2.61. The molecule has 1 unspecified atom stereocenters.